The molecule has 0 radical (unpaired) electrons. The average molecular weight is 265 g/mol. The second-order valence-electron chi connectivity index (χ2n) is 2.85. The van der Waals surface area contributed by atoms with Crippen molar-refractivity contribution in [3.05, 3.63) is 33.8 Å². The third kappa shape index (κ3) is 2.09. The number of aliphatic carboxylic acids is 1. The van der Waals surface area contributed by atoms with Gasteiger partial charge >= 0.3 is 5.97 Å². The van der Waals surface area contributed by atoms with E-state index in [1.165, 1.54) is 6.92 Å². The van der Waals surface area contributed by atoms with Crippen molar-refractivity contribution < 1.29 is 18.7 Å². The molecular formula is C9H7BrF2O2. The molecule has 0 spiro atoms. The molecule has 0 aromatic heterocycles. The highest BCUT2D eigenvalue weighted by Crippen LogP contribution is 2.26. The molecule has 1 N–H and O–H groups in total. The first kappa shape index (κ1) is 11.1. The summed E-state index contributed by atoms with van der Waals surface area (Å²) in [7, 11) is 0. The molecule has 0 heterocycles. The van der Waals surface area contributed by atoms with E-state index in [-0.39, 0.29) is 10.0 Å². The molecule has 0 fully saturated rings. The molecule has 1 unspecified atom stereocenters. The lowest BCUT2D eigenvalue weighted by Crippen LogP contribution is -2.10. The first-order valence-corrected chi connectivity index (χ1v) is 4.60. The Morgan fingerprint density at radius 1 is 1.50 bits per heavy atom. The normalized spacial score (nSPS) is 12.6. The van der Waals surface area contributed by atoms with Gasteiger partial charge in [-0.25, -0.2) is 8.78 Å². The molecule has 5 heteroatoms. The summed E-state index contributed by atoms with van der Waals surface area (Å²) in [5.41, 5.74) is -0.163. The molecule has 0 saturated carbocycles. The number of hydrogen-bond acceptors (Lipinski definition) is 1. The Balaban J connectivity index is 3.26. The number of carboxylic acids is 1. The number of carbonyl (C=O) groups is 1. The van der Waals surface area contributed by atoms with Crippen LogP contribution in [0, 0.1) is 11.6 Å². The van der Waals surface area contributed by atoms with Gasteiger partial charge in [0.05, 0.1) is 10.4 Å². The van der Waals surface area contributed by atoms with Crippen LogP contribution in [-0.2, 0) is 4.79 Å². The van der Waals surface area contributed by atoms with Crippen molar-refractivity contribution in [1.29, 1.82) is 0 Å². The van der Waals surface area contributed by atoms with Gasteiger partial charge in [-0.3, -0.25) is 4.79 Å². The van der Waals surface area contributed by atoms with Gasteiger partial charge in [-0.2, -0.15) is 0 Å². The summed E-state index contributed by atoms with van der Waals surface area (Å²) in [6.07, 6.45) is 0. The lowest BCUT2D eigenvalue weighted by Gasteiger charge is -2.09. The van der Waals surface area contributed by atoms with E-state index in [4.69, 9.17) is 5.11 Å². The molecular weight excluding hydrogens is 258 g/mol. The van der Waals surface area contributed by atoms with Crippen molar-refractivity contribution in [2.24, 2.45) is 0 Å². The zero-order valence-electron chi connectivity index (χ0n) is 7.22. The van der Waals surface area contributed by atoms with Crippen LogP contribution in [0.25, 0.3) is 0 Å². The van der Waals surface area contributed by atoms with Gasteiger partial charge in [0.1, 0.15) is 11.6 Å². The van der Waals surface area contributed by atoms with Crippen LogP contribution in [0.1, 0.15) is 18.4 Å². The Bertz CT molecular complexity index is 379. The summed E-state index contributed by atoms with van der Waals surface area (Å²) in [5, 5.41) is 8.64. The molecule has 1 aromatic rings. The monoisotopic (exact) mass is 264 g/mol. The SMILES string of the molecule is CC(C(=O)O)c1cc(F)cc(Br)c1F. The third-order valence-corrected chi connectivity index (χ3v) is 2.44. The maximum atomic E-state index is 13.3. The summed E-state index contributed by atoms with van der Waals surface area (Å²) in [6, 6.07) is 1.84. The lowest BCUT2D eigenvalue weighted by molar-refractivity contribution is -0.138. The van der Waals surface area contributed by atoms with Gasteiger partial charge in [0, 0.05) is 5.56 Å². The molecule has 1 rings (SSSR count). The highest BCUT2D eigenvalue weighted by Gasteiger charge is 2.20. The van der Waals surface area contributed by atoms with E-state index in [1.54, 1.807) is 0 Å². The van der Waals surface area contributed by atoms with Crippen LogP contribution >= 0.6 is 15.9 Å². The fourth-order valence-corrected chi connectivity index (χ4v) is 1.47. The average Bonchev–Trinajstić information content (AvgIpc) is 2.09. The fourth-order valence-electron chi connectivity index (χ4n) is 1.02. The molecule has 2 nitrogen and oxygen atoms in total. The predicted octanol–water partition coefficient (Wildman–Crippen LogP) is 2.92. The highest BCUT2D eigenvalue weighted by atomic mass is 79.9. The molecule has 0 aliphatic carbocycles. The van der Waals surface area contributed by atoms with Crippen LogP contribution in [0.2, 0.25) is 0 Å². The van der Waals surface area contributed by atoms with Crippen molar-refractivity contribution in [2.45, 2.75) is 12.8 Å². The van der Waals surface area contributed by atoms with Gasteiger partial charge in [0.15, 0.2) is 0 Å². The quantitative estimate of drug-likeness (QED) is 0.835. The predicted molar refractivity (Wildman–Crippen MR) is 50.1 cm³/mol. The van der Waals surface area contributed by atoms with E-state index in [1.807, 2.05) is 0 Å². The summed E-state index contributed by atoms with van der Waals surface area (Å²) in [5.74, 6) is -3.66. The third-order valence-electron chi connectivity index (χ3n) is 1.86. The van der Waals surface area contributed by atoms with Crippen LogP contribution in [0.15, 0.2) is 16.6 Å². The standard InChI is InChI=1S/C9H7BrF2O2/c1-4(9(13)14)6-2-5(11)3-7(10)8(6)12/h2-4H,1H3,(H,13,14). The molecule has 0 aliphatic heterocycles. The van der Waals surface area contributed by atoms with E-state index < -0.39 is 23.5 Å². The first-order chi connectivity index (χ1) is 6.43. The van der Waals surface area contributed by atoms with Crippen molar-refractivity contribution >= 4 is 21.9 Å². The minimum absolute atomic E-state index is 0.0689. The molecule has 76 valence electrons. The van der Waals surface area contributed by atoms with Crippen LogP contribution < -0.4 is 0 Å². The maximum Gasteiger partial charge on any atom is 0.310 e. The molecule has 1 atom stereocenters. The second-order valence-corrected chi connectivity index (χ2v) is 3.71. The van der Waals surface area contributed by atoms with Crippen molar-refractivity contribution in [3.8, 4) is 0 Å². The summed E-state index contributed by atoms with van der Waals surface area (Å²) in [4.78, 5) is 10.6. The molecule has 1 aromatic carbocycles. The van der Waals surface area contributed by atoms with E-state index in [2.05, 4.69) is 15.9 Å². The largest absolute Gasteiger partial charge is 0.481 e. The van der Waals surface area contributed by atoms with Crippen LogP contribution in [-0.4, -0.2) is 11.1 Å². The minimum Gasteiger partial charge on any atom is -0.481 e. The topological polar surface area (TPSA) is 37.3 Å². The van der Waals surface area contributed by atoms with Gasteiger partial charge < -0.3 is 5.11 Å². The molecule has 0 bridgehead atoms. The summed E-state index contributed by atoms with van der Waals surface area (Å²) < 4.78 is 26.1. The summed E-state index contributed by atoms with van der Waals surface area (Å²) in [6.45, 7) is 1.30. The Kier molecular flexibility index (Phi) is 3.21. The van der Waals surface area contributed by atoms with Gasteiger partial charge in [0.2, 0.25) is 0 Å². The molecule has 0 amide bonds. The second kappa shape index (κ2) is 4.04. The van der Waals surface area contributed by atoms with Crippen LogP contribution in [0.5, 0.6) is 0 Å². The zero-order valence-corrected chi connectivity index (χ0v) is 8.81. The van der Waals surface area contributed by atoms with Crippen LogP contribution in [0.4, 0.5) is 8.78 Å². The number of carboxylic acid groups (broad SMARTS) is 1. The van der Waals surface area contributed by atoms with Crippen molar-refractivity contribution in [3.63, 3.8) is 0 Å². The van der Waals surface area contributed by atoms with Gasteiger partial charge in [-0.15, -0.1) is 0 Å². The minimum atomic E-state index is -1.19. The zero-order chi connectivity index (χ0) is 10.9. The van der Waals surface area contributed by atoms with Gasteiger partial charge in [0.25, 0.3) is 0 Å². The summed E-state index contributed by atoms with van der Waals surface area (Å²) >= 11 is 2.81. The van der Waals surface area contributed by atoms with Crippen molar-refractivity contribution in [2.75, 3.05) is 0 Å². The molecule has 14 heavy (non-hydrogen) atoms. The maximum absolute atomic E-state index is 13.3. The number of benzene rings is 1. The van der Waals surface area contributed by atoms with E-state index in [0.717, 1.165) is 12.1 Å². The fraction of sp³-hybridized carbons (Fsp3) is 0.222. The van der Waals surface area contributed by atoms with E-state index >= 15 is 0 Å². The van der Waals surface area contributed by atoms with Gasteiger partial charge in [-0.1, -0.05) is 0 Å². The number of halogens is 3. The Morgan fingerprint density at radius 2 is 2.07 bits per heavy atom. The molecule has 0 saturated heterocycles. The smallest absolute Gasteiger partial charge is 0.310 e. The van der Waals surface area contributed by atoms with Gasteiger partial charge in [-0.05, 0) is 35.0 Å². The Morgan fingerprint density at radius 3 is 2.57 bits per heavy atom. The van der Waals surface area contributed by atoms with Crippen LogP contribution in [0.3, 0.4) is 0 Å². The molecule has 0 aliphatic rings. The lowest BCUT2D eigenvalue weighted by atomic mass is 10.0. The Labute approximate surface area is 87.7 Å². The number of hydrogen-bond donors (Lipinski definition) is 1. The Hall–Kier alpha value is -0.970. The van der Waals surface area contributed by atoms with E-state index in [9.17, 15) is 13.6 Å². The van der Waals surface area contributed by atoms with E-state index in [0.29, 0.717) is 0 Å². The first-order valence-electron chi connectivity index (χ1n) is 3.80. The highest BCUT2D eigenvalue weighted by molar-refractivity contribution is 9.10. The number of rotatable bonds is 2. The van der Waals surface area contributed by atoms with Crippen molar-refractivity contribution in [1.82, 2.24) is 0 Å².